The summed E-state index contributed by atoms with van der Waals surface area (Å²) in [7, 11) is 0. The van der Waals surface area contributed by atoms with E-state index in [0.717, 1.165) is 46.6 Å². The third-order valence-electron chi connectivity index (χ3n) is 4.08. The Bertz CT molecular complexity index is 848. The highest BCUT2D eigenvalue weighted by molar-refractivity contribution is 7.18. The molecule has 25 heavy (non-hydrogen) atoms. The van der Waals surface area contributed by atoms with Gasteiger partial charge >= 0.3 is 0 Å². The predicted octanol–water partition coefficient (Wildman–Crippen LogP) is 5.92. The number of anilines is 1. The second-order valence-electron chi connectivity index (χ2n) is 6.27. The lowest BCUT2D eigenvalue weighted by molar-refractivity contribution is -0.116. The minimum absolute atomic E-state index is 0.0122. The summed E-state index contributed by atoms with van der Waals surface area (Å²) in [5.41, 5.74) is 3.87. The van der Waals surface area contributed by atoms with Crippen LogP contribution in [-0.4, -0.2) is 10.9 Å². The molecule has 0 saturated carbocycles. The minimum atomic E-state index is 0.0122. The molecule has 1 heterocycles. The molecule has 5 heteroatoms. The van der Waals surface area contributed by atoms with Gasteiger partial charge in [0, 0.05) is 6.42 Å². The lowest BCUT2D eigenvalue weighted by Gasteiger charge is -2.11. The van der Waals surface area contributed by atoms with E-state index in [9.17, 15) is 4.79 Å². The maximum absolute atomic E-state index is 12.2. The molecule has 0 radical (unpaired) electrons. The first kappa shape index (κ1) is 17.9. The number of para-hydroxylation sites is 1. The molecule has 3 aromatic rings. The Kier molecular flexibility index (Phi) is 5.71. The van der Waals surface area contributed by atoms with Crippen LogP contribution in [0, 0.1) is 13.8 Å². The minimum Gasteiger partial charge on any atom is -0.325 e. The molecule has 1 amide bonds. The van der Waals surface area contributed by atoms with Crippen LogP contribution in [0.1, 0.15) is 35.4 Å². The molecule has 2 aromatic carbocycles. The third kappa shape index (κ3) is 4.59. The number of aryl methyl sites for hydroxylation is 3. The highest BCUT2D eigenvalue weighted by Crippen LogP contribution is 2.27. The number of hydrogen-bond donors (Lipinski definition) is 1. The molecular weight excluding hydrogens is 352 g/mol. The quantitative estimate of drug-likeness (QED) is 0.546. The molecule has 1 N–H and O–H groups in total. The van der Waals surface area contributed by atoms with Crippen LogP contribution >= 0.6 is 22.9 Å². The van der Waals surface area contributed by atoms with Gasteiger partial charge in [0.15, 0.2) is 0 Å². The second-order valence-corrected chi connectivity index (χ2v) is 7.79. The monoisotopic (exact) mass is 372 g/mol. The third-order valence-corrected chi connectivity index (χ3v) is 5.47. The van der Waals surface area contributed by atoms with Gasteiger partial charge in [0.25, 0.3) is 0 Å². The van der Waals surface area contributed by atoms with E-state index in [1.165, 1.54) is 4.70 Å². The zero-order valence-electron chi connectivity index (χ0n) is 14.4. The molecule has 0 unspecified atom stereocenters. The van der Waals surface area contributed by atoms with Gasteiger partial charge in [0.1, 0.15) is 0 Å². The first-order valence-electron chi connectivity index (χ1n) is 8.44. The molecule has 1 aromatic heterocycles. The number of aromatic nitrogens is 1. The van der Waals surface area contributed by atoms with Crippen LogP contribution in [0.3, 0.4) is 0 Å². The Labute approximate surface area is 157 Å². The number of carbonyl (C=O) groups excluding carboxylic acids is 1. The number of amides is 1. The smallest absolute Gasteiger partial charge is 0.224 e. The summed E-state index contributed by atoms with van der Waals surface area (Å²) in [6, 6.07) is 12.1. The van der Waals surface area contributed by atoms with Crippen molar-refractivity contribution >= 4 is 44.7 Å². The van der Waals surface area contributed by atoms with E-state index in [4.69, 9.17) is 11.6 Å². The SMILES string of the molecule is Cc1cc(C)c(NC(=O)CCCCc2nc3ccccc3s2)c(Cl)c1. The fraction of sp³-hybridized carbons (Fsp3) is 0.300. The van der Waals surface area contributed by atoms with Gasteiger partial charge in [-0.15, -0.1) is 11.3 Å². The number of unbranched alkanes of at least 4 members (excludes halogenated alkanes) is 1. The predicted molar refractivity (Wildman–Crippen MR) is 107 cm³/mol. The number of benzene rings is 2. The van der Waals surface area contributed by atoms with Gasteiger partial charge in [-0.05, 0) is 62.4 Å². The van der Waals surface area contributed by atoms with E-state index in [1.807, 2.05) is 44.2 Å². The molecule has 0 spiro atoms. The van der Waals surface area contributed by atoms with Crippen molar-refractivity contribution in [3.63, 3.8) is 0 Å². The van der Waals surface area contributed by atoms with E-state index < -0.39 is 0 Å². The Hall–Kier alpha value is -1.91. The van der Waals surface area contributed by atoms with Gasteiger partial charge < -0.3 is 5.32 Å². The van der Waals surface area contributed by atoms with Crippen LogP contribution in [-0.2, 0) is 11.2 Å². The number of halogens is 1. The summed E-state index contributed by atoms with van der Waals surface area (Å²) in [5, 5.41) is 4.68. The Balaban J connectivity index is 1.48. The van der Waals surface area contributed by atoms with Crippen molar-refractivity contribution in [2.24, 2.45) is 0 Å². The second kappa shape index (κ2) is 7.98. The van der Waals surface area contributed by atoms with E-state index in [-0.39, 0.29) is 5.91 Å². The molecule has 0 aliphatic carbocycles. The number of nitrogens with one attached hydrogen (secondary N) is 1. The number of hydrogen-bond acceptors (Lipinski definition) is 3. The summed E-state index contributed by atoms with van der Waals surface area (Å²) in [4.78, 5) is 16.8. The highest BCUT2D eigenvalue weighted by atomic mass is 35.5. The summed E-state index contributed by atoms with van der Waals surface area (Å²) in [6.45, 7) is 3.95. The standard InChI is InChI=1S/C20H21ClN2OS/c1-13-11-14(2)20(15(21)12-13)23-18(24)9-5-6-10-19-22-16-7-3-4-8-17(16)25-19/h3-4,7-8,11-12H,5-6,9-10H2,1-2H3,(H,23,24). The summed E-state index contributed by atoms with van der Waals surface area (Å²) in [5.74, 6) is 0.0122. The van der Waals surface area contributed by atoms with E-state index in [2.05, 4.69) is 16.4 Å². The van der Waals surface area contributed by atoms with Crippen molar-refractivity contribution in [2.75, 3.05) is 5.32 Å². The zero-order chi connectivity index (χ0) is 17.8. The summed E-state index contributed by atoms with van der Waals surface area (Å²) in [6.07, 6.45) is 3.20. The van der Waals surface area contributed by atoms with Crippen LogP contribution in [0.2, 0.25) is 5.02 Å². The van der Waals surface area contributed by atoms with E-state index >= 15 is 0 Å². The maximum Gasteiger partial charge on any atom is 0.224 e. The molecule has 0 atom stereocenters. The van der Waals surface area contributed by atoms with Crippen LogP contribution in [0.25, 0.3) is 10.2 Å². The molecule has 0 fully saturated rings. The highest BCUT2D eigenvalue weighted by Gasteiger charge is 2.10. The van der Waals surface area contributed by atoms with Crippen molar-refractivity contribution < 1.29 is 4.79 Å². The van der Waals surface area contributed by atoms with Gasteiger partial charge in [0.2, 0.25) is 5.91 Å². The molecule has 3 nitrogen and oxygen atoms in total. The molecule has 130 valence electrons. The molecule has 0 aliphatic heterocycles. The molecule has 0 saturated heterocycles. The van der Waals surface area contributed by atoms with Gasteiger partial charge in [-0.1, -0.05) is 29.8 Å². The number of rotatable bonds is 6. The van der Waals surface area contributed by atoms with Crippen LogP contribution in [0.5, 0.6) is 0 Å². The molecular formula is C20H21ClN2OS. The molecule has 0 bridgehead atoms. The van der Waals surface area contributed by atoms with Crippen molar-refractivity contribution in [1.29, 1.82) is 0 Å². The first-order valence-corrected chi connectivity index (χ1v) is 9.63. The number of thiazole rings is 1. The van der Waals surface area contributed by atoms with Crippen molar-refractivity contribution in [3.05, 3.63) is 57.6 Å². The van der Waals surface area contributed by atoms with Gasteiger partial charge in [-0.25, -0.2) is 4.98 Å². The van der Waals surface area contributed by atoms with E-state index in [1.54, 1.807) is 11.3 Å². The Morgan fingerprint density at radius 2 is 2.00 bits per heavy atom. The average Bonchev–Trinajstić information content (AvgIpc) is 2.97. The van der Waals surface area contributed by atoms with Crippen LogP contribution in [0.4, 0.5) is 5.69 Å². The number of nitrogens with zero attached hydrogens (tertiary/aromatic N) is 1. The zero-order valence-corrected chi connectivity index (χ0v) is 16.0. The van der Waals surface area contributed by atoms with Gasteiger partial charge in [0.05, 0.1) is 25.9 Å². The first-order chi connectivity index (χ1) is 12.0. The van der Waals surface area contributed by atoms with Gasteiger partial charge in [-0.3, -0.25) is 4.79 Å². The Morgan fingerprint density at radius 1 is 1.20 bits per heavy atom. The van der Waals surface area contributed by atoms with Crippen molar-refractivity contribution in [2.45, 2.75) is 39.5 Å². The van der Waals surface area contributed by atoms with Crippen LogP contribution in [0.15, 0.2) is 36.4 Å². The summed E-state index contributed by atoms with van der Waals surface area (Å²) < 4.78 is 1.22. The average molecular weight is 373 g/mol. The van der Waals surface area contributed by atoms with Crippen molar-refractivity contribution in [1.82, 2.24) is 4.98 Å². The number of carbonyl (C=O) groups is 1. The number of fused-ring (bicyclic) bond motifs is 1. The maximum atomic E-state index is 12.2. The fourth-order valence-corrected chi connectivity index (χ4v) is 4.24. The lowest BCUT2D eigenvalue weighted by atomic mass is 10.1. The normalized spacial score (nSPS) is 11.0. The fourth-order valence-electron chi connectivity index (χ4n) is 2.86. The van der Waals surface area contributed by atoms with Crippen molar-refractivity contribution in [3.8, 4) is 0 Å². The topological polar surface area (TPSA) is 42.0 Å². The molecule has 0 aliphatic rings. The van der Waals surface area contributed by atoms with E-state index in [0.29, 0.717) is 11.4 Å². The summed E-state index contributed by atoms with van der Waals surface area (Å²) >= 11 is 7.97. The lowest BCUT2D eigenvalue weighted by Crippen LogP contribution is -2.12. The molecule has 3 rings (SSSR count). The Morgan fingerprint density at radius 3 is 2.76 bits per heavy atom. The largest absolute Gasteiger partial charge is 0.325 e. The van der Waals surface area contributed by atoms with Crippen LogP contribution < -0.4 is 5.32 Å². The van der Waals surface area contributed by atoms with Gasteiger partial charge in [-0.2, -0.15) is 0 Å².